The summed E-state index contributed by atoms with van der Waals surface area (Å²) in [7, 11) is 1.74. The number of ether oxygens (including phenoxy) is 1. The highest BCUT2D eigenvalue weighted by atomic mass is 35.5. The predicted octanol–water partition coefficient (Wildman–Crippen LogP) is 1.79. The molecule has 0 spiro atoms. The minimum absolute atomic E-state index is 0.0377. The van der Waals surface area contributed by atoms with Gasteiger partial charge < -0.3 is 20.3 Å². The van der Waals surface area contributed by atoms with Crippen LogP contribution in [0.1, 0.15) is 0 Å². The van der Waals surface area contributed by atoms with Gasteiger partial charge in [-0.1, -0.05) is 23.7 Å². The van der Waals surface area contributed by atoms with Crippen LogP contribution in [0, 0.1) is 0 Å². The molecule has 0 aromatic heterocycles. The van der Waals surface area contributed by atoms with E-state index in [2.05, 4.69) is 10.6 Å². The molecular weight excluding hydrogens is 266 g/mol. The Morgan fingerprint density at radius 3 is 3.05 bits per heavy atom. The molecule has 1 atom stereocenters. The van der Waals surface area contributed by atoms with Crippen molar-refractivity contribution in [1.82, 2.24) is 10.2 Å². The number of urea groups is 1. The van der Waals surface area contributed by atoms with Crippen LogP contribution in [0.3, 0.4) is 0 Å². The zero-order chi connectivity index (χ0) is 13.7. The molecule has 104 valence electrons. The van der Waals surface area contributed by atoms with Crippen LogP contribution in [-0.2, 0) is 4.74 Å². The van der Waals surface area contributed by atoms with Gasteiger partial charge in [-0.25, -0.2) is 4.79 Å². The van der Waals surface area contributed by atoms with Crippen LogP contribution in [0.5, 0.6) is 0 Å². The molecule has 19 heavy (non-hydrogen) atoms. The average molecular weight is 284 g/mol. The minimum Gasteiger partial charge on any atom is -0.374 e. The van der Waals surface area contributed by atoms with E-state index in [-0.39, 0.29) is 12.1 Å². The molecule has 1 heterocycles. The van der Waals surface area contributed by atoms with Gasteiger partial charge in [-0.2, -0.15) is 0 Å². The molecule has 0 radical (unpaired) electrons. The number of rotatable bonds is 3. The van der Waals surface area contributed by atoms with E-state index in [1.54, 1.807) is 24.1 Å². The summed E-state index contributed by atoms with van der Waals surface area (Å²) in [5.41, 5.74) is 0.615. The first-order chi connectivity index (χ1) is 9.16. The Kier molecular flexibility index (Phi) is 5.01. The second-order valence-corrected chi connectivity index (χ2v) is 4.89. The number of morpholine rings is 1. The third kappa shape index (κ3) is 4.09. The second kappa shape index (κ2) is 6.75. The van der Waals surface area contributed by atoms with Crippen LogP contribution in [-0.4, -0.2) is 50.3 Å². The molecular formula is C13H18ClN3O2. The quantitative estimate of drug-likeness (QED) is 0.889. The Balaban J connectivity index is 1.87. The molecule has 2 N–H and O–H groups in total. The van der Waals surface area contributed by atoms with Crippen molar-refractivity contribution in [3.8, 4) is 0 Å². The number of likely N-dealkylation sites (N-methyl/N-ethyl adjacent to an activating group) is 1. The fraction of sp³-hybridized carbons (Fsp3) is 0.462. The number of nitrogens with one attached hydrogen (secondary N) is 2. The van der Waals surface area contributed by atoms with Crippen molar-refractivity contribution in [1.29, 1.82) is 0 Å². The largest absolute Gasteiger partial charge is 0.374 e. The number of carbonyl (C=O) groups excluding carboxylic acids is 1. The summed E-state index contributed by atoms with van der Waals surface area (Å²) in [4.78, 5) is 13.6. The number of hydrogen-bond acceptors (Lipinski definition) is 3. The molecule has 1 aromatic rings. The number of halogens is 1. The molecule has 6 heteroatoms. The number of anilines is 1. The molecule has 0 bridgehead atoms. The molecule has 0 saturated carbocycles. The first kappa shape index (κ1) is 14.1. The summed E-state index contributed by atoms with van der Waals surface area (Å²) in [6, 6.07) is 6.97. The molecule has 2 amide bonds. The standard InChI is InChI=1S/C13H18ClN3O2/c1-17(9-10-8-15-6-7-19-10)13(18)16-12-5-3-2-4-11(12)14/h2-5,10,15H,6-9H2,1H3,(H,16,18). The number of hydrogen-bond donors (Lipinski definition) is 2. The third-order valence-corrected chi connectivity index (χ3v) is 3.27. The Morgan fingerprint density at radius 1 is 1.58 bits per heavy atom. The first-order valence-electron chi connectivity index (χ1n) is 6.26. The molecule has 2 rings (SSSR count). The van der Waals surface area contributed by atoms with Crippen LogP contribution in [0.4, 0.5) is 10.5 Å². The lowest BCUT2D eigenvalue weighted by Gasteiger charge is -2.28. The van der Waals surface area contributed by atoms with E-state index in [0.29, 0.717) is 23.9 Å². The molecule has 1 saturated heterocycles. The van der Waals surface area contributed by atoms with E-state index in [9.17, 15) is 4.79 Å². The smallest absolute Gasteiger partial charge is 0.321 e. The van der Waals surface area contributed by atoms with Gasteiger partial charge in [0.2, 0.25) is 0 Å². The maximum atomic E-state index is 12.0. The zero-order valence-corrected chi connectivity index (χ0v) is 11.6. The van der Waals surface area contributed by atoms with Crippen molar-refractivity contribution in [2.24, 2.45) is 0 Å². The van der Waals surface area contributed by atoms with E-state index in [1.165, 1.54) is 0 Å². The van der Waals surface area contributed by atoms with Crippen molar-refractivity contribution < 1.29 is 9.53 Å². The molecule has 0 aliphatic carbocycles. The van der Waals surface area contributed by atoms with Crippen LogP contribution in [0.25, 0.3) is 0 Å². The molecule has 5 nitrogen and oxygen atoms in total. The van der Waals surface area contributed by atoms with Crippen molar-refractivity contribution in [3.05, 3.63) is 29.3 Å². The Bertz CT molecular complexity index is 436. The summed E-state index contributed by atoms with van der Waals surface area (Å²) in [5.74, 6) is 0. The van der Waals surface area contributed by atoms with Crippen LogP contribution >= 0.6 is 11.6 Å². The second-order valence-electron chi connectivity index (χ2n) is 4.49. The van der Waals surface area contributed by atoms with Crippen LogP contribution in [0.2, 0.25) is 5.02 Å². The van der Waals surface area contributed by atoms with Gasteiger partial charge in [0.15, 0.2) is 0 Å². The van der Waals surface area contributed by atoms with E-state index >= 15 is 0 Å². The van der Waals surface area contributed by atoms with Gasteiger partial charge in [-0.15, -0.1) is 0 Å². The number of para-hydroxylation sites is 1. The molecule has 1 fully saturated rings. The summed E-state index contributed by atoms with van der Waals surface area (Å²) in [6.45, 7) is 2.86. The van der Waals surface area contributed by atoms with E-state index in [0.717, 1.165) is 13.1 Å². The van der Waals surface area contributed by atoms with Crippen molar-refractivity contribution in [2.75, 3.05) is 38.6 Å². The van der Waals surface area contributed by atoms with E-state index in [1.807, 2.05) is 12.1 Å². The topological polar surface area (TPSA) is 53.6 Å². The number of amides is 2. The van der Waals surface area contributed by atoms with Crippen molar-refractivity contribution in [3.63, 3.8) is 0 Å². The van der Waals surface area contributed by atoms with Gasteiger partial charge >= 0.3 is 6.03 Å². The highest BCUT2D eigenvalue weighted by Gasteiger charge is 2.18. The van der Waals surface area contributed by atoms with Gasteiger partial charge in [-0.05, 0) is 12.1 Å². The van der Waals surface area contributed by atoms with Crippen LogP contribution in [0.15, 0.2) is 24.3 Å². The number of benzene rings is 1. The molecule has 1 aromatic carbocycles. The molecule has 1 unspecified atom stereocenters. The summed E-state index contributed by atoms with van der Waals surface area (Å²) in [6.07, 6.45) is 0.0377. The monoisotopic (exact) mass is 283 g/mol. The Labute approximate surface area is 117 Å². The SMILES string of the molecule is CN(CC1CNCCO1)C(=O)Nc1ccccc1Cl. The fourth-order valence-corrected chi connectivity index (χ4v) is 2.08. The van der Waals surface area contributed by atoms with Crippen LogP contribution < -0.4 is 10.6 Å². The maximum absolute atomic E-state index is 12.0. The number of nitrogens with zero attached hydrogens (tertiary/aromatic N) is 1. The lowest BCUT2D eigenvalue weighted by atomic mass is 10.3. The van der Waals surface area contributed by atoms with E-state index in [4.69, 9.17) is 16.3 Å². The summed E-state index contributed by atoms with van der Waals surface area (Å²) < 4.78 is 5.56. The fourth-order valence-electron chi connectivity index (χ4n) is 1.90. The van der Waals surface area contributed by atoms with Crippen molar-refractivity contribution >= 4 is 23.3 Å². The van der Waals surface area contributed by atoms with Gasteiger partial charge in [0.05, 0.1) is 23.4 Å². The van der Waals surface area contributed by atoms with Gasteiger partial charge in [0, 0.05) is 26.7 Å². The van der Waals surface area contributed by atoms with E-state index < -0.39 is 0 Å². The maximum Gasteiger partial charge on any atom is 0.321 e. The lowest BCUT2D eigenvalue weighted by Crippen LogP contribution is -2.46. The Hall–Kier alpha value is -1.30. The molecule has 1 aliphatic heterocycles. The average Bonchev–Trinajstić information content (AvgIpc) is 2.42. The zero-order valence-electron chi connectivity index (χ0n) is 10.9. The van der Waals surface area contributed by atoms with Gasteiger partial charge in [-0.3, -0.25) is 0 Å². The summed E-state index contributed by atoms with van der Waals surface area (Å²) >= 11 is 6.00. The lowest BCUT2D eigenvalue weighted by molar-refractivity contribution is 0.0164. The van der Waals surface area contributed by atoms with Gasteiger partial charge in [0.25, 0.3) is 0 Å². The summed E-state index contributed by atoms with van der Waals surface area (Å²) in [5, 5.41) is 6.54. The predicted molar refractivity (Wildman–Crippen MR) is 75.7 cm³/mol. The number of carbonyl (C=O) groups is 1. The third-order valence-electron chi connectivity index (χ3n) is 2.94. The Morgan fingerprint density at radius 2 is 2.37 bits per heavy atom. The highest BCUT2D eigenvalue weighted by Crippen LogP contribution is 2.20. The first-order valence-corrected chi connectivity index (χ1v) is 6.63. The van der Waals surface area contributed by atoms with Gasteiger partial charge in [0.1, 0.15) is 0 Å². The molecule has 1 aliphatic rings. The minimum atomic E-state index is -0.192. The normalized spacial score (nSPS) is 18.9. The van der Waals surface area contributed by atoms with Crippen molar-refractivity contribution in [2.45, 2.75) is 6.10 Å². The highest BCUT2D eigenvalue weighted by molar-refractivity contribution is 6.33.